The number of methoxy groups -OCH3 is 2. The number of halogens is 1. The summed E-state index contributed by atoms with van der Waals surface area (Å²) in [6, 6.07) is 1.55. The molecule has 2 unspecified atom stereocenters. The van der Waals surface area contributed by atoms with Gasteiger partial charge in [-0.05, 0) is 6.42 Å². The summed E-state index contributed by atoms with van der Waals surface area (Å²) in [6.45, 7) is 6.12. The average molecular weight is 501 g/mol. The summed E-state index contributed by atoms with van der Waals surface area (Å²) in [5.74, 6) is -0.402. The number of ketones is 2. The normalized spacial score (nSPS) is 24.4. The Hall–Kier alpha value is -3.04. The molecule has 9 nitrogen and oxygen atoms in total. The summed E-state index contributed by atoms with van der Waals surface area (Å²) in [5, 5.41) is 4.40. The van der Waals surface area contributed by atoms with Crippen molar-refractivity contribution in [2.75, 3.05) is 40.4 Å². The number of ether oxygens (including phenoxy) is 3. The van der Waals surface area contributed by atoms with Crippen molar-refractivity contribution in [1.82, 2.24) is 19.6 Å². The average Bonchev–Trinajstić information content (AvgIpc) is 3.40. The molecule has 2 aliphatic heterocycles. The molecule has 1 saturated heterocycles. The van der Waals surface area contributed by atoms with Gasteiger partial charge in [0, 0.05) is 75.3 Å². The van der Waals surface area contributed by atoms with Crippen LogP contribution in [0.3, 0.4) is 0 Å². The fourth-order valence-corrected chi connectivity index (χ4v) is 5.60. The third-order valence-corrected chi connectivity index (χ3v) is 7.59. The van der Waals surface area contributed by atoms with E-state index in [0.717, 1.165) is 38.4 Å². The maximum atomic E-state index is 13.6. The van der Waals surface area contributed by atoms with E-state index in [1.807, 2.05) is 31.0 Å². The van der Waals surface area contributed by atoms with Gasteiger partial charge in [0.15, 0.2) is 5.75 Å². The van der Waals surface area contributed by atoms with Gasteiger partial charge in [-0.25, -0.2) is 0 Å². The molecule has 5 rings (SSSR count). The van der Waals surface area contributed by atoms with Crippen molar-refractivity contribution in [3.05, 3.63) is 46.4 Å². The van der Waals surface area contributed by atoms with Crippen molar-refractivity contribution in [2.24, 2.45) is 13.0 Å². The summed E-state index contributed by atoms with van der Waals surface area (Å²) in [5.41, 5.74) is 0.680. The first-order valence-electron chi connectivity index (χ1n) is 11.7. The molecule has 0 bridgehead atoms. The molecule has 186 valence electrons. The Kier molecular flexibility index (Phi) is 6.01. The van der Waals surface area contributed by atoms with Crippen LogP contribution in [0.25, 0.3) is 0 Å². The Morgan fingerprint density at radius 2 is 1.89 bits per heavy atom. The lowest BCUT2D eigenvalue weighted by Crippen LogP contribution is -2.56. The molecule has 0 saturated carbocycles. The molecule has 1 spiro atoms. The molecule has 3 heterocycles. The van der Waals surface area contributed by atoms with E-state index in [0.29, 0.717) is 12.2 Å². The first-order chi connectivity index (χ1) is 16.8. The standard InChI is InChI=1S/C25H29ClN4O5/c1-15-9-17(30-7-5-29(6-8-30)14-16-12-27-28(2)13-16)10-20(31)25(15)24(32)21-18(33-3)11-19(34-4)22(26)23(21)35-25/h10-13,15H,5-9,14H2,1-4H3. The van der Waals surface area contributed by atoms with Crippen LogP contribution in [0.2, 0.25) is 5.02 Å². The molecule has 1 aliphatic carbocycles. The first kappa shape index (κ1) is 23.7. The highest BCUT2D eigenvalue weighted by Crippen LogP contribution is 2.53. The predicted octanol–water partition coefficient (Wildman–Crippen LogP) is 2.72. The van der Waals surface area contributed by atoms with Crippen LogP contribution < -0.4 is 14.2 Å². The Bertz CT molecular complexity index is 1220. The largest absolute Gasteiger partial charge is 0.496 e. The number of nitrogens with zero attached hydrogens (tertiary/aromatic N) is 4. The van der Waals surface area contributed by atoms with Gasteiger partial charge in [-0.15, -0.1) is 0 Å². The predicted molar refractivity (Wildman–Crippen MR) is 129 cm³/mol. The van der Waals surface area contributed by atoms with Crippen molar-refractivity contribution in [2.45, 2.75) is 25.5 Å². The van der Waals surface area contributed by atoms with E-state index in [9.17, 15) is 9.59 Å². The second-order valence-corrected chi connectivity index (χ2v) is 9.73. The lowest BCUT2D eigenvalue weighted by atomic mass is 9.74. The number of hydrogen-bond donors (Lipinski definition) is 0. The number of allylic oxidation sites excluding steroid dienone is 1. The molecule has 35 heavy (non-hydrogen) atoms. The molecule has 0 N–H and O–H groups in total. The van der Waals surface area contributed by atoms with Gasteiger partial charge in [-0.1, -0.05) is 18.5 Å². The molecule has 2 atom stereocenters. The van der Waals surface area contributed by atoms with Crippen LogP contribution >= 0.6 is 11.6 Å². The maximum Gasteiger partial charge on any atom is 0.236 e. The smallest absolute Gasteiger partial charge is 0.236 e. The van der Waals surface area contributed by atoms with Crippen LogP contribution in [-0.2, 0) is 18.4 Å². The van der Waals surface area contributed by atoms with Gasteiger partial charge in [0.2, 0.25) is 17.2 Å². The van der Waals surface area contributed by atoms with Crippen molar-refractivity contribution >= 4 is 23.2 Å². The molecule has 1 fully saturated rings. The van der Waals surface area contributed by atoms with Crippen molar-refractivity contribution < 1.29 is 23.8 Å². The molecule has 0 radical (unpaired) electrons. The number of carbonyl (C=O) groups is 2. The molecular weight excluding hydrogens is 472 g/mol. The molecule has 1 aromatic carbocycles. The van der Waals surface area contributed by atoms with E-state index >= 15 is 0 Å². The second kappa shape index (κ2) is 8.87. The lowest BCUT2D eigenvalue weighted by molar-refractivity contribution is -0.129. The zero-order valence-electron chi connectivity index (χ0n) is 20.3. The van der Waals surface area contributed by atoms with E-state index in [1.165, 1.54) is 19.8 Å². The number of rotatable bonds is 5. The number of fused-ring (bicyclic) bond motifs is 1. The number of aromatic nitrogens is 2. The molecule has 10 heteroatoms. The van der Waals surface area contributed by atoms with Gasteiger partial charge in [0.1, 0.15) is 22.1 Å². The number of carbonyl (C=O) groups excluding carboxylic acids is 2. The highest BCUT2D eigenvalue weighted by molar-refractivity contribution is 6.36. The molecule has 1 aromatic heterocycles. The van der Waals surface area contributed by atoms with Gasteiger partial charge in [0.05, 0.1) is 20.4 Å². The molecule has 3 aliphatic rings. The monoisotopic (exact) mass is 500 g/mol. The van der Waals surface area contributed by atoms with Crippen LogP contribution in [0.15, 0.2) is 30.2 Å². The summed E-state index contributed by atoms with van der Waals surface area (Å²) in [4.78, 5) is 31.8. The first-order valence-corrected chi connectivity index (χ1v) is 12.0. The molecule has 2 aromatic rings. The number of Topliss-reactive ketones (excluding diaryl/α,β-unsaturated/α-hetero) is 1. The number of hydrogen-bond acceptors (Lipinski definition) is 8. The van der Waals surface area contributed by atoms with Gasteiger partial charge in [-0.3, -0.25) is 19.2 Å². The van der Waals surface area contributed by atoms with E-state index in [2.05, 4.69) is 14.9 Å². The van der Waals surface area contributed by atoms with Crippen LogP contribution in [0.1, 0.15) is 29.3 Å². The topological polar surface area (TPSA) is 86.1 Å². The second-order valence-electron chi connectivity index (χ2n) is 9.36. The summed E-state index contributed by atoms with van der Waals surface area (Å²) >= 11 is 6.47. The Morgan fingerprint density at radius 1 is 1.17 bits per heavy atom. The van der Waals surface area contributed by atoms with Crippen LogP contribution in [0.4, 0.5) is 0 Å². The van der Waals surface area contributed by atoms with Gasteiger partial charge in [0.25, 0.3) is 0 Å². The van der Waals surface area contributed by atoms with Gasteiger partial charge in [-0.2, -0.15) is 5.10 Å². The van der Waals surface area contributed by atoms with Crippen molar-refractivity contribution in [3.63, 3.8) is 0 Å². The van der Waals surface area contributed by atoms with E-state index in [1.54, 1.807) is 12.1 Å². The van der Waals surface area contributed by atoms with Gasteiger partial charge >= 0.3 is 0 Å². The Labute approximate surface area is 209 Å². The third kappa shape index (κ3) is 3.77. The zero-order valence-corrected chi connectivity index (χ0v) is 21.1. The summed E-state index contributed by atoms with van der Waals surface area (Å²) in [6.07, 6.45) is 6.05. The minimum absolute atomic E-state index is 0.147. The Balaban J connectivity index is 1.35. The number of aryl methyl sites for hydroxylation is 1. The van der Waals surface area contributed by atoms with E-state index in [4.69, 9.17) is 25.8 Å². The SMILES string of the molecule is COc1cc(OC)c2c(c1Cl)OC1(C(=O)C=C(N3CCN(Cc4cnn(C)c4)CC3)CC1C)C2=O. The number of piperazine rings is 1. The summed E-state index contributed by atoms with van der Waals surface area (Å²) in [7, 11) is 4.85. The van der Waals surface area contributed by atoms with Gasteiger partial charge < -0.3 is 19.1 Å². The van der Waals surface area contributed by atoms with Crippen molar-refractivity contribution in [1.29, 1.82) is 0 Å². The fraction of sp³-hybridized carbons (Fsp3) is 0.480. The highest BCUT2D eigenvalue weighted by Gasteiger charge is 2.60. The minimum atomic E-state index is -1.64. The highest BCUT2D eigenvalue weighted by atomic mass is 35.5. The maximum absolute atomic E-state index is 13.6. The van der Waals surface area contributed by atoms with Crippen molar-refractivity contribution in [3.8, 4) is 17.2 Å². The summed E-state index contributed by atoms with van der Waals surface area (Å²) < 4.78 is 18.7. The van der Waals surface area contributed by atoms with E-state index in [-0.39, 0.29) is 33.8 Å². The van der Waals surface area contributed by atoms with Crippen LogP contribution in [0.5, 0.6) is 17.2 Å². The Morgan fingerprint density at radius 3 is 2.49 bits per heavy atom. The lowest BCUT2D eigenvalue weighted by Gasteiger charge is -2.42. The fourth-order valence-electron chi connectivity index (χ4n) is 5.33. The number of benzene rings is 1. The third-order valence-electron chi connectivity index (χ3n) is 7.23. The van der Waals surface area contributed by atoms with E-state index < -0.39 is 11.4 Å². The van der Waals surface area contributed by atoms with Crippen LogP contribution in [-0.4, -0.2) is 77.1 Å². The minimum Gasteiger partial charge on any atom is -0.496 e. The zero-order chi connectivity index (χ0) is 24.9. The molecule has 0 amide bonds. The van der Waals surface area contributed by atoms with Crippen LogP contribution in [0, 0.1) is 5.92 Å². The quantitative estimate of drug-likeness (QED) is 0.579. The molecular formula is C25H29ClN4O5.